The third-order valence-corrected chi connectivity index (χ3v) is 6.06. The molecule has 25 heavy (non-hydrogen) atoms. The molecule has 1 fully saturated rings. The molecule has 128 valence electrons. The summed E-state index contributed by atoms with van der Waals surface area (Å²) < 4.78 is 31.5. The first-order chi connectivity index (χ1) is 12.1. The number of sulfone groups is 1. The van der Waals surface area contributed by atoms with Crippen LogP contribution in [0.4, 0.5) is 0 Å². The molecular formula is C19H18N2O3S. The van der Waals surface area contributed by atoms with E-state index in [4.69, 9.17) is 4.74 Å². The number of nitrogens with one attached hydrogen (secondary N) is 1. The van der Waals surface area contributed by atoms with Gasteiger partial charge < -0.3 is 10.1 Å². The van der Waals surface area contributed by atoms with Crippen molar-refractivity contribution in [2.24, 2.45) is 0 Å². The van der Waals surface area contributed by atoms with Gasteiger partial charge in [-0.1, -0.05) is 30.3 Å². The number of nitrogens with zero attached hydrogens (tertiary/aromatic N) is 1. The van der Waals surface area contributed by atoms with Gasteiger partial charge in [-0.3, -0.25) is 4.98 Å². The SMILES string of the molecule is O=S(=O)(c1ccccc1)c1cnc2c(OC3CCNC3)cccc2c1. The first-order valence-electron chi connectivity index (χ1n) is 8.21. The first-order valence-corrected chi connectivity index (χ1v) is 9.69. The van der Waals surface area contributed by atoms with Crippen molar-refractivity contribution in [3.05, 3.63) is 60.8 Å². The highest BCUT2D eigenvalue weighted by molar-refractivity contribution is 7.91. The number of hydrogen-bond donors (Lipinski definition) is 1. The largest absolute Gasteiger partial charge is 0.487 e. The van der Waals surface area contributed by atoms with Crippen LogP contribution < -0.4 is 10.1 Å². The Balaban J connectivity index is 1.74. The first kappa shape index (κ1) is 16.1. The van der Waals surface area contributed by atoms with Gasteiger partial charge in [0.2, 0.25) is 9.84 Å². The molecule has 0 amide bonds. The van der Waals surface area contributed by atoms with Crippen molar-refractivity contribution >= 4 is 20.7 Å². The van der Waals surface area contributed by atoms with Gasteiger partial charge in [0, 0.05) is 18.1 Å². The molecule has 6 heteroatoms. The maximum Gasteiger partial charge on any atom is 0.208 e. The number of rotatable bonds is 4. The van der Waals surface area contributed by atoms with Crippen LogP contribution >= 0.6 is 0 Å². The summed E-state index contributed by atoms with van der Waals surface area (Å²) in [6, 6.07) is 15.6. The Morgan fingerprint density at radius 1 is 1.04 bits per heavy atom. The standard InChI is InChI=1S/C19H18N2O3S/c22-25(23,16-6-2-1-3-7-16)17-11-14-5-4-8-18(19(14)21-13-17)24-15-9-10-20-12-15/h1-8,11,13,15,20H,9-10,12H2. The molecule has 5 nitrogen and oxygen atoms in total. The van der Waals surface area contributed by atoms with Crippen LogP contribution in [0.25, 0.3) is 10.9 Å². The molecule has 0 saturated carbocycles. The van der Waals surface area contributed by atoms with Gasteiger partial charge in [0.25, 0.3) is 0 Å². The Hall–Kier alpha value is -2.44. The number of ether oxygens (including phenoxy) is 1. The van der Waals surface area contributed by atoms with Crippen molar-refractivity contribution in [3.8, 4) is 5.75 Å². The zero-order valence-electron chi connectivity index (χ0n) is 13.6. The number of aromatic nitrogens is 1. The van der Waals surface area contributed by atoms with Crippen LogP contribution in [0, 0.1) is 0 Å². The minimum atomic E-state index is -3.58. The van der Waals surface area contributed by atoms with E-state index in [0.717, 1.165) is 24.9 Å². The number of hydrogen-bond acceptors (Lipinski definition) is 5. The maximum absolute atomic E-state index is 12.8. The lowest BCUT2D eigenvalue weighted by atomic mass is 10.2. The zero-order chi connectivity index (χ0) is 17.3. The lowest BCUT2D eigenvalue weighted by molar-refractivity contribution is 0.225. The third-order valence-electron chi connectivity index (χ3n) is 4.32. The number of pyridine rings is 1. The second-order valence-electron chi connectivity index (χ2n) is 6.05. The van der Waals surface area contributed by atoms with Gasteiger partial charge >= 0.3 is 0 Å². The van der Waals surface area contributed by atoms with Gasteiger partial charge in [0.15, 0.2) is 0 Å². The van der Waals surface area contributed by atoms with E-state index in [1.807, 2.05) is 18.2 Å². The third kappa shape index (κ3) is 3.10. The molecule has 4 rings (SSSR count). The second kappa shape index (κ2) is 6.46. The van der Waals surface area contributed by atoms with Gasteiger partial charge in [-0.05, 0) is 37.2 Å². The van der Waals surface area contributed by atoms with Crippen molar-refractivity contribution in [1.82, 2.24) is 10.3 Å². The fraction of sp³-hybridized carbons (Fsp3) is 0.211. The van der Waals surface area contributed by atoms with Crippen molar-refractivity contribution in [3.63, 3.8) is 0 Å². The Kier molecular flexibility index (Phi) is 4.15. The molecule has 2 aromatic carbocycles. The molecule has 0 bridgehead atoms. The highest BCUT2D eigenvalue weighted by Crippen LogP contribution is 2.29. The van der Waals surface area contributed by atoms with E-state index in [0.29, 0.717) is 11.3 Å². The quantitative estimate of drug-likeness (QED) is 0.780. The van der Waals surface area contributed by atoms with Crippen LogP contribution in [0.15, 0.2) is 70.6 Å². The number of benzene rings is 2. The molecule has 1 unspecified atom stereocenters. The Bertz CT molecular complexity index is 998. The molecular weight excluding hydrogens is 336 g/mol. The van der Waals surface area contributed by atoms with Gasteiger partial charge in [-0.2, -0.15) is 0 Å². The summed E-state index contributed by atoms with van der Waals surface area (Å²) in [6.45, 7) is 1.76. The fourth-order valence-electron chi connectivity index (χ4n) is 3.00. The minimum absolute atomic E-state index is 0.125. The van der Waals surface area contributed by atoms with Crippen molar-refractivity contribution in [2.45, 2.75) is 22.3 Å². The van der Waals surface area contributed by atoms with Gasteiger partial charge in [0.1, 0.15) is 17.4 Å². The van der Waals surface area contributed by atoms with Gasteiger partial charge in [-0.25, -0.2) is 8.42 Å². The summed E-state index contributed by atoms with van der Waals surface area (Å²) in [5.74, 6) is 0.690. The smallest absolute Gasteiger partial charge is 0.208 e. The average Bonchev–Trinajstić information content (AvgIpc) is 3.15. The Morgan fingerprint density at radius 3 is 2.64 bits per heavy atom. The lowest BCUT2D eigenvalue weighted by Gasteiger charge is -2.14. The Morgan fingerprint density at radius 2 is 1.88 bits per heavy atom. The van der Waals surface area contributed by atoms with Crippen LogP contribution in [-0.2, 0) is 9.84 Å². The molecule has 1 atom stereocenters. The zero-order valence-corrected chi connectivity index (χ0v) is 14.4. The molecule has 0 radical (unpaired) electrons. The summed E-state index contributed by atoms with van der Waals surface area (Å²) >= 11 is 0. The van der Waals surface area contributed by atoms with E-state index in [9.17, 15) is 8.42 Å². The topological polar surface area (TPSA) is 68.3 Å². The minimum Gasteiger partial charge on any atom is -0.487 e. The summed E-state index contributed by atoms with van der Waals surface area (Å²) in [6.07, 6.45) is 2.49. The summed E-state index contributed by atoms with van der Waals surface area (Å²) in [5.41, 5.74) is 0.682. The van der Waals surface area contributed by atoms with Crippen LogP contribution in [0.2, 0.25) is 0 Å². The monoisotopic (exact) mass is 354 g/mol. The van der Waals surface area contributed by atoms with E-state index >= 15 is 0 Å². The molecule has 3 aromatic rings. The summed E-state index contributed by atoms with van der Waals surface area (Å²) in [7, 11) is -3.58. The second-order valence-corrected chi connectivity index (χ2v) is 8.00. The predicted octanol–water partition coefficient (Wildman–Crippen LogP) is 2.81. The average molecular weight is 354 g/mol. The molecule has 1 saturated heterocycles. The van der Waals surface area contributed by atoms with Crippen molar-refractivity contribution in [1.29, 1.82) is 0 Å². The normalized spacial score (nSPS) is 17.7. The van der Waals surface area contributed by atoms with Crippen LogP contribution in [-0.4, -0.2) is 32.6 Å². The van der Waals surface area contributed by atoms with E-state index in [2.05, 4.69) is 10.3 Å². The van der Waals surface area contributed by atoms with Crippen molar-refractivity contribution < 1.29 is 13.2 Å². The van der Waals surface area contributed by atoms with E-state index in [-0.39, 0.29) is 15.9 Å². The molecule has 1 aliphatic rings. The molecule has 1 N–H and O–H groups in total. The maximum atomic E-state index is 12.8. The number of fused-ring (bicyclic) bond motifs is 1. The molecule has 1 aliphatic heterocycles. The van der Waals surface area contributed by atoms with Gasteiger partial charge in [-0.15, -0.1) is 0 Å². The highest BCUT2D eigenvalue weighted by atomic mass is 32.2. The highest BCUT2D eigenvalue weighted by Gasteiger charge is 2.20. The van der Waals surface area contributed by atoms with E-state index < -0.39 is 9.84 Å². The van der Waals surface area contributed by atoms with Crippen LogP contribution in [0.1, 0.15) is 6.42 Å². The molecule has 0 aliphatic carbocycles. The molecule has 0 spiro atoms. The number of para-hydroxylation sites is 1. The summed E-state index contributed by atoms with van der Waals surface area (Å²) in [5, 5.41) is 4.01. The van der Waals surface area contributed by atoms with Crippen LogP contribution in [0.5, 0.6) is 5.75 Å². The van der Waals surface area contributed by atoms with E-state index in [1.54, 1.807) is 36.4 Å². The lowest BCUT2D eigenvalue weighted by Crippen LogP contribution is -2.19. The Labute approximate surface area is 146 Å². The van der Waals surface area contributed by atoms with Crippen molar-refractivity contribution in [2.75, 3.05) is 13.1 Å². The molecule has 1 aromatic heterocycles. The van der Waals surface area contributed by atoms with Crippen LogP contribution in [0.3, 0.4) is 0 Å². The van der Waals surface area contributed by atoms with Gasteiger partial charge in [0.05, 0.1) is 9.79 Å². The van der Waals surface area contributed by atoms with E-state index in [1.165, 1.54) is 6.20 Å². The predicted molar refractivity (Wildman–Crippen MR) is 95.5 cm³/mol. The molecule has 2 heterocycles. The fourth-order valence-corrected chi connectivity index (χ4v) is 4.26. The summed E-state index contributed by atoms with van der Waals surface area (Å²) in [4.78, 5) is 4.84.